The van der Waals surface area contributed by atoms with Gasteiger partial charge in [-0.15, -0.1) is 23.7 Å². The summed E-state index contributed by atoms with van der Waals surface area (Å²) in [6.07, 6.45) is 3.30. The van der Waals surface area contributed by atoms with E-state index >= 15 is 0 Å². The second-order valence-electron chi connectivity index (χ2n) is 7.17. The van der Waals surface area contributed by atoms with Crippen molar-refractivity contribution in [3.63, 3.8) is 0 Å². The molecule has 0 aliphatic carbocycles. The van der Waals surface area contributed by atoms with Gasteiger partial charge in [-0.25, -0.2) is 4.39 Å². The third kappa shape index (κ3) is 3.36. The Morgan fingerprint density at radius 2 is 2.12 bits per heavy atom. The Morgan fingerprint density at radius 1 is 1.35 bits per heavy atom. The molecule has 1 N–H and O–H groups in total. The minimum absolute atomic E-state index is 0. The van der Waals surface area contributed by atoms with E-state index in [0.29, 0.717) is 21.2 Å². The fraction of sp³-hybridized carbons (Fsp3) is 0.526. The van der Waals surface area contributed by atoms with Crippen LogP contribution in [0.5, 0.6) is 0 Å². The number of piperidine rings is 1. The maximum atomic E-state index is 14.3. The van der Waals surface area contributed by atoms with Crippen LogP contribution in [-0.4, -0.2) is 44.1 Å². The summed E-state index contributed by atoms with van der Waals surface area (Å²) in [6.45, 7) is 3.97. The number of nitrogens with one attached hydrogen (secondary N) is 1. The van der Waals surface area contributed by atoms with Gasteiger partial charge in [0, 0.05) is 42.4 Å². The first-order chi connectivity index (χ1) is 12.1. The number of likely N-dealkylation sites (tertiary alicyclic amines) is 1. The van der Waals surface area contributed by atoms with Gasteiger partial charge >= 0.3 is 0 Å². The Hall–Kier alpha value is -1.21. The second kappa shape index (κ2) is 7.80. The largest absolute Gasteiger partial charge is 0.380 e. The van der Waals surface area contributed by atoms with E-state index in [9.17, 15) is 9.18 Å². The highest BCUT2D eigenvalue weighted by Crippen LogP contribution is 2.39. The molecule has 1 aromatic heterocycles. The lowest BCUT2D eigenvalue weighted by Gasteiger charge is -2.38. The van der Waals surface area contributed by atoms with Gasteiger partial charge in [-0.05, 0) is 43.4 Å². The molecule has 0 saturated carbocycles. The highest BCUT2D eigenvalue weighted by molar-refractivity contribution is 7.21. The third-order valence-corrected chi connectivity index (χ3v) is 6.87. The highest BCUT2D eigenvalue weighted by atomic mass is 35.5. The summed E-state index contributed by atoms with van der Waals surface area (Å²) < 4.78 is 20.4. The maximum Gasteiger partial charge on any atom is 0.264 e. The molecular formula is C19H24ClFN2O2S. The predicted octanol–water partition coefficient (Wildman–Crippen LogP) is 3.82. The summed E-state index contributed by atoms with van der Waals surface area (Å²) in [4.78, 5) is 15.7. The zero-order valence-electron chi connectivity index (χ0n) is 14.8. The molecule has 0 bridgehead atoms. The number of ether oxygens (including phenoxy) is 1. The van der Waals surface area contributed by atoms with E-state index in [1.165, 1.54) is 23.8 Å². The summed E-state index contributed by atoms with van der Waals surface area (Å²) >= 11 is 1.38. The molecule has 4 nitrogen and oxygen atoms in total. The minimum atomic E-state index is -0.283. The zero-order valence-corrected chi connectivity index (χ0v) is 16.5. The van der Waals surface area contributed by atoms with Crippen molar-refractivity contribution in [1.82, 2.24) is 10.2 Å². The van der Waals surface area contributed by atoms with Crippen LogP contribution >= 0.6 is 23.7 Å². The normalized spacial score (nSPS) is 19.1. The van der Waals surface area contributed by atoms with E-state index in [4.69, 9.17) is 4.74 Å². The van der Waals surface area contributed by atoms with E-state index in [1.807, 2.05) is 11.0 Å². The number of halogens is 2. The summed E-state index contributed by atoms with van der Waals surface area (Å²) in [7, 11) is 1.58. The molecule has 2 fully saturated rings. The second-order valence-corrected chi connectivity index (χ2v) is 8.23. The van der Waals surface area contributed by atoms with Crippen LogP contribution in [0.4, 0.5) is 4.39 Å². The van der Waals surface area contributed by atoms with Gasteiger partial charge in [-0.2, -0.15) is 0 Å². The lowest BCUT2D eigenvalue weighted by atomic mass is 9.78. The van der Waals surface area contributed by atoms with Crippen LogP contribution in [0.3, 0.4) is 0 Å². The summed E-state index contributed by atoms with van der Waals surface area (Å²) in [5.74, 6) is -0.261. The van der Waals surface area contributed by atoms with Crippen molar-refractivity contribution in [3.05, 3.63) is 34.5 Å². The Bertz CT molecular complexity index is 794. The molecule has 2 aliphatic rings. The van der Waals surface area contributed by atoms with Crippen molar-refractivity contribution in [2.24, 2.45) is 5.41 Å². The zero-order chi connectivity index (χ0) is 17.4. The molecule has 7 heteroatoms. The number of hydrogen-bond donors (Lipinski definition) is 1. The van der Waals surface area contributed by atoms with Crippen LogP contribution < -0.4 is 5.32 Å². The molecular weight excluding hydrogens is 375 g/mol. The van der Waals surface area contributed by atoms with Crippen molar-refractivity contribution >= 4 is 39.7 Å². The van der Waals surface area contributed by atoms with E-state index in [2.05, 4.69) is 5.32 Å². The Kier molecular flexibility index (Phi) is 5.87. The fourth-order valence-electron chi connectivity index (χ4n) is 4.17. The molecule has 3 heterocycles. The lowest BCUT2D eigenvalue weighted by molar-refractivity contribution is 0.0609. The number of carbonyl (C=O) groups excluding carboxylic acids is 1. The SMILES string of the molecule is COCc1c(C(=O)N2CCC3(CCNC3)CC2)sc2cccc(F)c12.Cl. The number of carbonyl (C=O) groups is 1. The average molecular weight is 399 g/mol. The molecule has 142 valence electrons. The van der Waals surface area contributed by atoms with Crippen molar-refractivity contribution in [3.8, 4) is 0 Å². The van der Waals surface area contributed by atoms with Gasteiger partial charge in [-0.1, -0.05) is 6.07 Å². The van der Waals surface area contributed by atoms with Crippen LogP contribution in [0.15, 0.2) is 18.2 Å². The number of rotatable bonds is 3. The van der Waals surface area contributed by atoms with Gasteiger partial charge in [0.25, 0.3) is 5.91 Å². The highest BCUT2D eigenvalue weighted by Gasteiger charge is 2.38. The van der Waals surface area contributed by atoms with E-state index < -0.39 is 0 Å². The van der Waals surface area contributed by atoms with Gasteiger partial charge in [0.1, 0.15) is 5.82 Å². The number of methoxy groups -OCH3 is 1. The number of nitrogens with zero attached hydrogens (tertiary/aromatic N) is 1. The van der Waals surface area contributed by atoms with E-state index in [1.54, 1.807) is 13.2 Å². The van der Waals surface area contributed by atoms with E-state index in [-0.39, 0.29) is 30.7 Å². The summed E-state index contributed by atoms with van der Waals surface area (Å²) in [6, 6.07) is 5.01. The average Bonchev–Trinajstić information content (AvgIpc) is 3.21. The Labute approximate surface area is 163 Å². The van der Waals surface area contributed by atoms with Gasteiger partial charge < -0.3 is 15.0 Å². The predicted molar refractivity (Wildman–Crippen MR) is 105 cm³/mol. The smallest absolute Gasteiger partial charge is 0.264 e. The van der Waals surface area contributed by atoms with Crippen LogP contribution in [0.25, 0.3) is 10.1 Å². The molecule has 26 heavy (non-hydrogen) atoms. The minimum Gasteiger partial charge on any atom is -0.380 e. The Balaban J connectivity index is 0.00000196. The number of fused-ring (bicyclic) bond motifs is 1. The first-order valence-corrected chi connectivity index (χ1v) is 9.64. The van der Waals surface area contributed by atoms with Crippen molar-refractivity contribution in [2.45, 2.75) is 25.9 Å². The first kappa shape index (κ1) is 19.5. The standard InChI is InChI=1S/C19H23FN2O2S.ClH/c1-24-11-13-16-14(20)3-2-4-15(16)25-17(13)18(23)22-9-6-19(7-10-22)5-8-21-12-19;/h2-4,21H,5-12H2,1H3;1H. The molecule has 2 aromatic rings. The Morgan fingerprint density at radius 3 is 2.77 bits per heavy atom. The molecule has 1 spiro atoms. The number of amides is 1. The third-order valence-electron chi connectivity index (χ3n) is 5.69. The van der Waals surface area contributed by atoms with Crippen molar-refractivity contribution in [2.75, 3.05) is 33.3 Å². The molecule has 0 unspecified atom stereocenters. The van der Waals surface area contributed by atoms with Gasteiger partial charge in [0.05, 0.1) is 11.5 Å². The van der Waals surface area contributed by atoms with Crippen LogP contribution in [-0.2, 0) is 11.3 Å². The molecule has 4 rings (SSSR count). The van der Waals surface area contributed by atoms with Gasteiger partial charge in [0.15, 0.2) is 0 Å². The van der Waals surface area contributed by atoms with Gasteiger partial charge in [0.2, 0.25) is 0 Å². The quantitative estimate of drug-likeness (QED) is 0.854. The lowest BCUT2D eigenvalue weighted by Crippen LogP contribution is -2.44. The molecule has 1 aromatic carbocycles. The molecule has 1 amide bonds. The summed E-state index contributed by atoms with van der Waals surface area (Å²) in [5, 5.41) is 3.98. The molecule has 2 saturated heterocycles. The number of thiophene rings is 1. The van der Waals surface area contributed by atoms with Crippen LogP contribution in [0.1, 0.15) is 34.5 Å². The first-order valence-electron chi connectivity index (χ1n) is 8.82. The van der Waals surface area contributed by atoms with Crippen LogP contribution in [0, 0.1) is 11.2 Å². The van der Waals surface area contributed by atoms with Gasteiger partial charge in [-0.3, -0.25) is 4.79 Å². The summed E-state index contributed by atoms with van der Waals surface area (Å²) in [5.41, 5.74) is 1.06. The molecule has 0 radical (unpaired) electrons. The number of hydrogen-bond acceptors (Lipinski definition) is 4. The number of benzene rings is 1. The molecule has 0 atom stereocenters. The monoisotopic (exact) mass is 398 g/mol. The van der Waals surface area contributed by atoms with Crippen LogP contribution in [0.2, 0.25) is 0 Å². The van der Waals surface area contributed by atoms with E-state index in [0.717, 1.165) is 43.7 Å². The molecule has 2 aliphatic heterocycles. The van der Waals surface area contributed by atoms with Crippen molar-refractivity contribution in [1.29, 1.82) is 0 Å². The maximum absolute atomic E-state index is 14.3. The fourth-order valence-corrected chi connectivity index (χ4v) is 5.36. The topological polar surface area (TPSA) is 41.6 Å². The van der Waals surface area contributed by atoms with Crippen molar-refractivity contribution < 1.29 is 13.9 Å².